The number of carbonyl (C=O) groups is 1. The zero-order chi connectivity index (χ0) is 15.8. The van der Waals surface area contributed by atoms with Gasteiger partial charge in [0.25, 0.3) is 0 Å². The Morgan fingerprint density at radius 2 is 2.09 bits per heavy atom. The molecule has 0 fully saturated rings. The molecule has 2 aliphatic heterocycles. The fourth-order valence-electron chi connectivity index (χ4n) is 4.07. The summed E-state index contributed by atoms with van der Waals surface area (Å²) in [6, 6.07) is 10.4. The number of rotatable bonds is 3. The van der Waals surface area contributed by atoms with Gasteiger partial charge < -0.3 is 5.32 Å². The topological polar surface area (TPSA) is 45.2 Å². The Balaban J connectivity index is 1.87. The molecule has 1 N–H and O–H groups in total. The van der Waals surface area contributed by atoms with Gasteiger partial charge >= 0.3 is 0 Å². The lowest BCUT2D eigenvalue weighted by Gasteiger charge is -2.33. The summed E-state index contributed by atoms with van der Waals surface area (Å²) in [5.74, 6) is -0.00471. The Labute approximate surface area is 136 Å². The second kappa shape index (κ2) is 5.78. The van der Waals surface area contributed by atoms with E-state index >= 15 is 0 Å². The number of aromatic nitrogens is 1. The predicted molar refractivity (Wildman–Crippen MR) is 90.4 cm³/mol. The highest BCUT2D eigenvalue weighted by atomic mass is 16.2. The summed E-state index contributed by atoms with van der Waals surface area (Å²) in [7, 11) is 0. The van der Waals surface area contributed by atoms with Crippen LogP contribution in [-0.2, 0) is 11.2 Å². The van der Waals surface area contributed by atoms with E-state index in [9.17, 15) is 4.79 Å². The van der Waals surface area contributed by atoms with Crippen molar-refractivity contribution in [3.05, 3.63) is 59.4 Å². The van der Waals surface area contributed by atoms with Crippen molar-refractivity contribution in [2.24, 2.45) is 0 Å². The molecule has 2 aromatic rings. The lowest BCUT2D eigenvalue weighted by molar-refractivity contribution is -0.118. The van der Waals surface area contributed by atoms with Crippen LogP contribution in [0.3, 0.4) is 0 Å². The third kappa shape index (κ3) is 2.34. The second-order valence-electron chi connectivity index (χ2n) is 6.36. The average molecular weight is 307 g/mol. The number of hydrogen-bond acceptors (Lipinski definition) is 3. The van der Waals surface area contributed by atoms with E-state index in [0.717, 1.165) is 31.6 Å². The first kappa shape index (κ1) is 14.4. The van der Waals surface area contributed by atoms with Gasteiger partial charge in [-0.3, -0.25) is 14.7 Å². The van der Waals surface area contributed by atoms with Crippen LogP contribution in [0.4, 0.5) is 5.69 Å². The standard InChI is InChI=1S/C19H21N3O/c1-2-11-22-12-8-13-4-3-5-15-16(13)17(19(23)21-15)18(22)14-6-9-20-10-7-14/h3-7,9-10,17-18H,2,8,11-12H2,1H3,(H,21,23)/t17-,18-/m1/s1. The van der Waals surface area contributed by atoms with Crippen molar-refractivity contribution in [3.63, 3.8) is 0 Å². The first-order chi connectivity index (χ1) is 11.3. The lowest BCUT2D eigenvalue weighted by Crippen LogP contribution is -2.35. The van der Waals surface area contributed by atoms with E-state index in [1.165, 1.54) is 16.7 Å². The molecule has 23 heavy (non-hydrogen) atoms. The maximum Gasteiger partial charge on any atom is 0.233 e. The third-order valence-electron chi connectivity index (χ3n) is 4.98. The molecule has 0 spiro atoms. The Morgan fingerprint density at radius 1 is 1.26 bits per heavy atom. The fourth-order valence-corrected chi connectivity index (χ4v) is 4.07. The first-order valence-corrected chi connectivity index (χ1v) is 8.36. The highest BCUT2D eigenvalue weighted by molar-refractivity contribution is 6.04. The van der Waals surface area contributed by atoms with Crippen molar-refractivity contribution in [1.29, 1.82) is 0 Å². The molecule has 118 valence electrons. The Hall–Kier alpha value is -2.20. The molecule has 1 aromatic carbocycles. The summed E-state index contributed by atoms with van der Waals surface area (Å²) < 4.78 is 0. The molecule has 4 rings (SSSR count). The summed E-state index contributed by atoms with van der Waals surface area (Å²) in [6.45, 7) is 4.18. The Kier molecular flexibility index (Phi) is 3.62. The van der Waals surface area contributed by atoms with Crippen molar-refractivity contribution in [1.82, 2.24) is 9.88 Å². The molecule has 2 aliphatic rings. The van der Waals surface area contributed by atoms with Gasteiger partial charge in [-0.05, 0) is 54.3 Å². The molecule has 4 nitrogen and oxygen atoms in total. The highest BCUT2D eigenvalue weighted by Crippen LogP contribution is 2.47. The molecule has 0 saturated heterocycles. The lowest BCUT2D eigenvalue weighted by atomic mass is 9.86. The van der Waals surface area contributed by atoms with Gasteiger partial charge in [-0.2, -0.15) is 0 Å². The van der Waals surface area contributed by atoms with Gasteiger partial charge in [0.2, 0.25) is 5.91 Å². The molecule has 1 aromatic heterocycles. The van der Waals surface area contributed by atoms with Gasteiger partial charge in [-0.1, -0.05) is 19.1 Å². The molecule has 0 radical (unpaired) electrons. The number of nitrogens with one attached hydrogen (secondary N) is 1. The molecule has 4 heteroatoms. The van der Waals surface area contributed by atoms with Crippen LogP contribution in [0.25, 0.3) is 0 Å². The van der Waals surface area contributed by atoms with Crippen LogP contribution in [0.2, 0.25) is 0 Å². The van der Waals surface area contributed by atoms with E-state index in [0.29, 0.717) is 0 Å². The van der Waals surface area contributed by atoms with Crippen LogP contribution in [0.1, 0.15) is 42.0 Å². The quantitative estimate of drug-likeness (QED) is 0.947. The molecule has 1 amide bonds. The van der Waals surface area contributed by atoms with Crippen LogP contribution in [0.15, 0.2) is 42.7 Å². The maximum atomic E-state index is 12.8. The molecular formula is C19H21N3O. The van der Waals surface area contributed by atoms with Crippen molar-refractivity contribution < 1.29 is 4.79 Å². The first-order valence-electron chi connectivity index (χ1n) is 8.36. The average Bonchev–Trinajstić information content (AvgIpc) is 2.80. The maximum absolute atomic E-state index is 12.8. The highest BCUT2D eigenvalue weighted by Gasteiger charge is 2.43. The Morgan fingerprint density at radius 3 is 2.87 bits per heavy atom. The van der Waals surface area contributed by atoms with E-state index in [2.05, 4.69) is 28.2 Å². The van der Waals surface area contributed by atoms with Crippen LogP contribution < -0.4 is 5.32 Å². The molecule has 3 heterocycles. The number of carbonyl (C=O) groups excluding carboxylic acids is 1. The second-order valence-corrected chi connectivity index (χ2v) is 6.36. The fraction of sp³-hybridized carbons (Fsp3) is 0.368. The smallest absolute Gasteiger partial charge is 0.233 e. The number of benzene rings is 1. The predicted octanol–water partition coefficient (Wildman–Crippen LogP) is 3.13. The van der Waals surface area contributed by atoms with Gasteiger partial charge in [0.15, 0.2) is 0 Å². The van der Waals surface area contributed by atoms with Crippen molar-refractivity contribution in [3.8, 4) is 0 Å². The summed E-state index contributed by atoms with van der Waals surface area (Å²) in [5.41, 5.74) is 4.69. The van der Waals surface area contributed by atoms with Crippen LogP contribution in [-0.4, -0.2) is 28.9 Å². The zero-order valence-electron chi connectivity index (χ0n) is 13.3. The largest absolute Gasteiger partial charge is 0.325 e. The minimum Gasteiger partial charge on any atom is -0.325 e. The van der Waals surface area contributed by atoms with E-state index in [4.69, 9.17) is 0 Å². The molecular weight excluding hydrogens is 286 g/mol. The van der Waals surface area contributed by atoms with Gasteiger partial charge in [0.1, 0.15) is 0 Å². The summed E-state index contributed by atoms with van der Waals surface area (Å²) in [6.07, 6.45) is 5.73. The minimum atomic E-state index is -0.127. The van der Waals surface area contributed by atoms with Crippen molar-refractivity contribution >= 4 is 11.6 Å². The SMILES string of the molecule is CCCN1CCc2cccc3c2[C@@H](C(=O)N3)[C@H]1c1ccncc1. The van der Waals surface area contributed by atoms with Crippen LogP contribution >= 0.6 is 0 Å². The van der Waals surface area contributed by atoms with Crippen LogP contribution in [0, 0.1) is 0 Å². The number of hydrogen-bond donors (Lipinski definition) is 1. The third-order valence-corrected chi connectivity index (χ3v) is 4.98. The molecule has 2 atom stereocenters. The monoisotopic (exact) mass is 307 g/mol. The van der Waals surface area contributed by atoms with Gasteiger partial charge in [0, 0.05) is 24.6 Å². The zero-order valence-corrected chi connectivity index (χ0v) is 13.3. The molecule has 0 unspecified atom stereocenters. The summed E-state index contributed by atoms with van der Waals surface area (Å²) >= 11 is 0. The molecule has 0 bridgehead atoms. The number of nitrogens with zero attached hydrogens (tertiary/aromatic N) is 2. The molecule has 0 saturated carbocycles. The molecule has 0 aliphatic carbocycles. The van der Waals surface area contributed by atoms with Crippen molar-refractivity contribution in [2.45, 2.75) is 31.7 Å². The number of amides is 1. The van der Waals surface area contributed by atoms with Gasteiger partial charge in [-0.25, -0.2) is 0 Å². The minimum absolute atomic E-state index is 0.0860. The van der Waals surface area contributed by atoms with Gasteiger partial charge in [0.05, 0.1) is 12.0 Å². The normalized spacial score (nSPS) is 23.3. The van der Waals surface area contributed by atoms with E-state index in [1.54, 1.807) is 0 Å². The number of pyridine rings is 1. The van der Waals surface area contributed by atoms with E-state index < -0.39 is 0 Å². The summed E-state index contributed by atoms with van der Waals surface area (Å²) in [4.78, 5) is 19.4. The Bertz CT molecular complexity index is 729. The van der Waals surface area contributed by atoms with Gasteiger partial charge in [-0.15, -0.1) is 0 Å². The van der Waals surface area contributed by atoms with Crippen LogP contribution in [0.5, 0.6) is 0 Å². The van der Waals surface area contributed by atoms with Crippen molar-refractivity contribution in [2.75, 3.05) is 18.4 Å². The summed E-state index contributed by atoms with van der Waals surface area (Å²) in [5, 5.41) is 3.09. The van der Waals surface area contributed by atoms with E-state index in [1.807, 2.05) is 36.7 Å². The number of anilines is 1. The van der Waals surface area contributed by atoms with E-state index in [-0.39, 0.29) is 17.9 Å².